The van der Waals surface area contributed by atoms with E-state index in [1.807, 2.05) is 0 Å². The third-order valence-corrected chi connectivity index (χ3v) is 5.80. The van der Waals surface area contributed by atoms with Crippen molar-refractivity contribution >= 4 is 0 Å². The fourth-order valence-corrected chi connectivity index (χ4v) is 4.66. The second-order valence-electron chi connectivity index (χ2n) is 7.77. The molecule has 0 aromatic heterocycles. The van der Waals surface area contributed by atoms with E-state index < -0.39 is 12.4 Å². The highest BCUT2D eigenvalue weighted by atomic mass is 16.6. The summed E-state index contributed by atoms with van der Waals surface area (Å²) in [4.78, 5) is 0. The van der Waals surface area contributed by atoms with E-state index in [0.29, 0.717) is 30.6 Å². The molecular weight excluding hydrogens is 292 g/mol. The molecular formula is C19H30O4. The first-order valence-corrected chi connectivity index (χ1v) is 9.03. The van der Waals surface area contributed by atoms with Gasteiger partial charge in [0.25, 0.3) is 0 Å². The van der Waals surface area contributed by atoms with E-state index in [0.717, 1.165) is 19.3 Å². The van der Waals surface area contributed by atoms with Gasteiger partial charge in [0.15, 0.2) is 6.29 Å². The summed E-state index contributed by atoms with van der Waals surface area (Å²) in [5.41, 5.74) is 1.28. The van der Waals surface area contributed by atoms with Crippen molar-refractivity contribution in [2.24, 2.45) is 23.7 Å². The van der Waals surface area contributed by atoms with Gasteiger partial charge in [-0.2, -0.15) is 0 Å². The minimum Gasteiger partial charge on any atom is -0.393 e. The summed E-state index contributed by atoms with van der Waals surface area (Å²) >= 11 is 0. The van der Waals surface area contributed by atoms with Crippen molar-refractivity contribution in [3.8, 4) is 0 Å². The molecule has 3 unspecified atom stereocenters. The zero-order valence-electron chi connectivity index (χ0n) is 14.1. The van der Waals surface area contributed by atoms with Gasteiger partial charge < -0.3 is 20.1 Å². The first kappa shape index (κ1) is 17.2. The lowest BCUT2D eigenvalue weighted by atomic mass is 9.65. The topological polar surface area (TPSA) is 69.9 Å². The Hall–Kier alpha value is -0.680. The molecule has 3 N–H and O–H groups in total. The molecule has 1 heterocycles. The van der Waals surface area contributed by atoms with Crippen molar-refractivity contribution < 1.29 is 20.1 Å². The molecule has 3 rings (SSSR count). The maximum Gasteiger partial charge on any atom is 0.157 e. The van der Waals surface area contributed by atoms with Crippen molar-refractivity contribution in [2.75, 3.05) is 0 Å². The highest BCUT2D eigenvalue weighted by Crippen LogP contribution is 2.44. The van der Waals surface area contributed by atoms with Crippen LogP contribution in [0.1, 0.15) is 46.0 Å². The van der Waals surface area contributed by atoms with Crippen LogP contribution in [0.25, 0.3) is 0 Å². The molecule has 0 saturated carbocycles. The molecule has 0 amide bonds. The molecule has 23 heavy (non-hydrogen) atoms. The lowest BCUT2D eigenvalue weighted by Gasteiger charge is -2.42. The number of ether oxygens (including phenoxy) is 1. The normalized spacial score (nSPS) is 47.1. The standard InChI is InChI=1S/C19H30O4/c1-11-7-13-4-3-12(2)16(19(13)17(21)8-11)6-5-15-9-14(20)10-18(22)23-15/h3-4,7,11-12,14-22H,5-6,8-10H2,1-2H3/t11-,12-,14+,15?,16-,17-,18?,19?/m0/s1. The fraction of sp³-hybridized carbons (Fsp3) is 0.789. The minimum absolute atomic E-state index is 0.0843. The summed E-state index contributed by atoms with van der Waals surface area (Å²) in [7, 11) is 0. The zero-order chi connectivity index (χ0) is 16.6. The highest BCUT2D eigenvalue weighted by molar-refractivity contribution is 5.31. The van der Waals surface area contributed by atoms with Crippen molar-refractivity contribution in [2.45, 2.75) is 70.6 Å². The Morgan fingerprint density at radius 3 is 2.61 bits per heavy atom. The summed E-state index contributed by atoms with van der Waals surface area (Å²) < 4.78 is 5.56. The molecule has 2 aliphatic carbocycles. The summed E-state index contributed by atoms with van der Waals surface area (Å²) in [5.74, 6) is 1.47. The number of aliphatic hydroxyl groups excluding tert-OH is 3. The first-order chi connectivity index (χ1) is 10.9. The van der Waals surface area contributed by atoms with Gasteiger partial charge in [-0.1, -0.05) is 32.1 Å². The van der Waals surface area contributed by atoms with Crippen LogP contribution in [-0.2, 0) is 4.74 Å². The maximum atomic E-state index is 10.6. The highest BCUT2D eigenvalue weighted by Gasteiger charge is 2.39. The van der Waals surface area contributed by atoms with Gasteiger partial charge in [-0.15, -0.1) is 0 Å². The van der Waals surface area contributed by atoms with Crippen LogP contribution in [0.15, 0.2) is 23.8 Å². The summed E-state index contributed by atoms with van der Waals surface area (Å²) in [6, 6.07) is 0. The Morgan fingerprint density at radius 2 is 1.87 bits per heavy atom. The molecule has 130 valence electrons. The average molecular weight is 322 g/mol. The largest absolute Gasteiger partial charge is 0.393 e. The first-order valence-electron chi connectivity index (χ1n) is 9.03. The van der Waals surface area contributed by atoms with Crippen molar-refractivity contribution in [1.82, 2.24) is 0 Å². The van der Waals surface area contributed by atoms with Crippen LogP contribution in [-0.4, -0.2) is 39.9 Å². The predicted molar refractivity (Wildman–Crippen MR) is 88.5 cm³/mol. The van der Waals surface area contributed by atoms with Gasteiger partial charge in [-0.25, -0.2) is 0 Å². The summed E-state index contributed by atoms with van der Waals surface area (Å²) in [6.45, 7) is 4.38. The van der Waals surface area contributed by atoms with Gasteiger partial charge in [0.1, 0.15) is 0 Å². The smallest absolute Gasteiger partial charge is 0.157 e. The molecule has 0 aromatic rings. The van der Waals surface area contributed by atoms with Gasteiger partial charge in [0, 0.05) is 12.3 Å². The molecule has 0 bridgehead atoms. The number of aliphatic hydroxyl groups is 3. The zero-order valence-corrected chi connectivity index (χ0v) is 14.1. The predicted octanol–water partition coefficient (Wildman–Crippen LogP) is 2.39. The average Bonchev–Trinajstić information content (AvgIpc) is 2.45. The number of hydrogen-bond acceptors (Lipinski definition) is 4. The third-order valence-electron chi connectivity index (χ3n) is 5.80. The van der Waals surface area contributed by atoms with E-state index in [9.17, 15) is 15.3 Å². The molecule has 4 nitrogen and oxygen atoms in total. The van der Waals surface area contributed by atoms with Crippen LogP contribution in [0, 0.1) is 23.7 Å². The molecule has 1 saturated heterocycles. The Labute approximate surface area is 138 Å². The number of fused-ring (bicyclic) bond motifs is 1. The number of hydrogen-bond donors (Lipinski definition) is 3. The lowest BCUT2D eigenvalue weighted by Crippen LogP contribution is -2.40. The second-order valence-corrected chi connectivity index (χ2v) is 7.77. The second kappa shape index (κ2) is 7.06. The van der Waals surface area contributed by atoms with Crippen LogP contribution < -0.4 is 0 Å². The summed E-state index contributed by atoms with van der Waals surface area (Å²) in [5, 5.41) is 30.1. The third kappa shape index (κ3) is 3.87. The van der Waals surface area contributed by atoms with Gasteiger partial charge in [-0.3, -0.25) is 0 Å². The van der Waals surface area contributed by atoms with Crippen LogP contribution in [0.5, 0.6) is 0 Å². The lowest BCUT2D eigenvalue weighted by molar-refractivity contribution is -0.191. The quantitative estimate of drug-likeness (QED) is 0.746. The molecule has 4 heteroatoms. The van der Waals surface area contributed by atoms with E-state index in [1.54, 1.807) is 0 Å². The number of rotatable bonds is 3. The van der Waals surface area contributed by atoms with Crippen LogP contribution in [0.2, 0.25) is 0 Å². The van der Waals surface area contributed by atoms with Crippen LogP contribution in [0.3, 0.4) is 0 Å². The molecule has 0 spiro atoms. The molecule has 0 radical (unpaired) electrons. The molecule has 1 aliphatic heterocycles. The fourth-order valence-electron chi connectivity index (χ4n) is 4.66. The van der Waals surface area contributed by atoms with Crippen molar-refractivity contribution in [1.29, 1.82) is 0 Å². The van der Waals surface area contributed by atoms with Crippen LogP contribution in [0.4, 0.5) is 0 Å². The SMILES string of the molecule is C[C@H]1C=C2C=C[C@H](C)[C@H](CCC3C[C@@H](O)CC(O)O3)C2[C@@H](O)C1. The minimum atomic E-state index is -0.844. The van der Waals surface area contributed by atoms with Gasteiger partial charge >= 0.3 is 0 Å². The summed E-state index contributed by atoms with van der Waals surface area (Å²) in [6.07, 6.45) is 8.59. The Morgan fingerprint density at radius 1 is 1.09 bits per heavy atom. The van der Waals surface area contributed by atoms with Gasteiger partial charge in [0.05, 0.1) is 18.3 Å². The monoisotopic (exact) mass is 322 g/mol. The van der Waals surface area contributed by atoms with Crippen LogP contribution >= 0.6 is 0 Å². The number of allylic oxidation sites excluding steroid dienone is 3. The van der Waals surface area contributed by atoms with Crippen molar-refractivity contribution in [3.05, 3.63) is 23.8 Å². The van der Waals surface area contributed by atoms with E-state index in [1.165, 1.54) is 5.57 Å². The molecule has 3 aliphatic rings. The molecule has 8 atom stereocenters. The van der Waals surface area contributed by atoms with Gasteiger partial charge in [-0.05, 0) is 49.0 Å². The van der Waals surface area contributed by atoms with E-state index >= 15 is 0 Å². The molecule has 0 aromatic carbocycles. The van der Waals surface area contributed by atoms with Gasteiger partial charge in [0.2, 0.25) is 0 Å². The van der Waals surface area contributed by atoms with E-state index in [2.05, 4.69) is 32.1 Å². The maximum absolute atomic E-state index is 10.6. The van der Waals surface area contributed by atoms with E-state index in [-0.39, 0.29) is 18.1 Å². The molecule has 1 fully saturated rings. The Bertz CT molecular complexity index is 462. The van der Waals surface area contributed by atoms with E-state index in [4.69, 9.17) is 4.74 Å². The Kier molecular flexibility index (Phi) is 5.26. The Balaban J connectivity index is 1.66. The van der Waals surface area contributed by atoms with Crippen molar-refractivity contribution in [3.63, 3.8) is 0 Å².